The minimum atomic E-state index is -3.77. The van der Waals surface area contributed by atoms with Gasteiger partial charge in [-0.2, -0.15) is 4.31 Å². The number of carboxylic acid groups (broad SMARTS) is 1. The van der Waals surface area contributed by atoms with E-state index >= 15 is 0 Å². The molecule has 0 bridgehead atoms. The lowest BCUT2D eigenvalue weighted by atomic mass is 10.1. The van der Waals surface area contributed by atoms with Crippen LogP contribution in [0.5, 0.6) is 0 Å². The molecule has 0 atom stereocenters. The summed E-state index contributed by atoms with van der Waals surface area (Å²) in [4.78, 5) is 11.1. The fraction of sp³-hybridized carbons (Fsp3) is 0.500. The van der Waals surface area contributed by atoms with Gasteiger partial charge in [-0.15, -0.1) is 0 Å². The Morgan fingerprint density at radius 1 is 1.29 bits per heavy atom. The number of aromatic carboxylic acids is 1. The van der Waals surface area contributed by atoms with Gasteiger partial charge in [-0.1, -0.05) is 6.92 Å². The second-order valence-electron chi connectivity index (χ2n) is 4.80. The van der Waals surface area contributed by atoms with Crippen LogP contribution in [-0.4, -0.2) is 48.6 Å². The maximum absolute atomic E-state index is 12.7. The number of nitrogens with zero attached hydrogens (tertiary/aromatic N) is 1. The van der Waals surface area contributed by atoms with Crippen LogP contribution in [0.1, 0.15) is 34.8 Å². The third kappa shape index (κ3) is 3.81. The van der Waals surface area contributed by atoms with E-state index in [2.05, 4.69) is 0 Å². The summed E-state index contributed by atoms with van der Waals surface area (Å²) in [7, 11) is -3.77. The molecule has 0 spiro atoms. The molecule has 7 heteroatoms. The van der Waals surface area contributed by atoms with Crippen molar-refractivity contribution in [3.05, 3.63) is 28.8 Å². The van der Waals surface area contributed by atoms with Crippen LogP contribution in [0.4, 0.5) is 0 Å². The van der Waals surface area contributed by atoms with E-state index in [4.69, 9.17) is 10.2 Å². The fourth-order valence-electron chi connectivity index (χ4n) is 2.05. The highest BCUT2D eigenvalue weighted by molar-refractivity contribution is 7.89. The molecule has 0 radical (unpaired) electrons. The minimum absolute atomic E-state index is 0.0136. The highest BCUT2D eigenvalue weighted by Gasteiger charge is 2.26. The Balaban J connectivity index is 3.39. The number of sulfonamides is 1. The smallest absolute Gasteiger partial charge is 0.335 e. The first kappa shape index (κ1) is 17.6. The normalized spacial score (nSPS) is 11.9. The van der Waals surface area contributed by atoms with Crippen molar-refractivity contribution < 1.29 is 23.4 Å². The van der Waals surface area contributed by atoms with E-state index in [1.807, 2.05) is 0 Å². The van der Waals surface area contributed by atoms with Crippen molar-refractivity contribution >= 4 is 16.0 Å². The lowest BCUT2D eigenvalue weighted by Gasteiger charge is -2.22. The SMILES string of the molecule is CCN(CCCO)S(=O)(=O)c1cc(C(=O)O)cc(C)c1C. The summed E-state index contributed by atoms with van der Waals surface area (Å²) in [5.41, 5.74) is 1.11. The first-order valence-corrected chi connectivity index (χ1v) is 8.15. The van der Waals surface area contributed by atoms with Crippen molar-refractivity contribution in [2.75, 3.05) is 19.7 Å². The van der Waals surface area contributed by atoms with Gasteiger partial charge in [0.15, 0.2) is 0 Å². The largest absolute Gasteiger partial charge is 0.478 e. The Labute approximate surface area is 125 Å². The van der Waals surface area contributed by atoms with Crippen molar-refractivity contribution in [1.82, 2.24) is 4.31 Å². The first-order valence-electron chi connectivity index (χ1n) is 6.71. The van der Waals surface area contributed by atoms with Crippen LogP contribution in [0.3, 0.4) is 0 Å². The van der Waals surface area contributed by atoms with Crippen molar-refractivity contribution in [2.45, 2.75) is 32.1 Å². The summed E-state index contributed by atoms with van der Waals surface area (Å²) in [5, 5.41) is 17.9. The first-order chi connectivity index (χ1) is 9.75. The topological polar surface area (TPSA) is 94.9 Å². The Morgan fingerprint density at radius 2 is 1.90 bits per heavy atom. The molecule has 0 aliphatic rings. The van der Waals surface area contributed by atoms with Crippen LogP contribution in [-0.2, 0) is 10.0 Å². The van der Waals surface area contributed by atoms with Gasteiger partial charge in [0.05, 0.1) is 10.5 Å². The highest BCUT2D eigenvalue weighted by Crippen LogP contribution is 2.24. The molecule has 1 rings (SSSR count). The van der Waals surface area contributed by atoms with Gasteiger partial charge in [0.2, 0.25) is 10.0 Å². The third-order valence-corrected chi connectivity index (χ3v) is 5.50. The predicted octanol–water partition coefficient (Wildman–Crippen LogP) is 1.39. The summed E-state index contributed by atoms with van der Waals surface area (Å²) in [6.45, 7) is 5.42. The molecule has 118 valence electrons. The van der Waals surface area contributed by atoms with Gasteiger partial charge in [0.1, 0.15) is 0 Å². The van der Waals surface area contributed by atoms with E-state index in [0.717, 1.165) is 0 Å². The molecule has 0 amide bonds. The highest BCUT2D eigenvalue weighted by atomic mass is 32.2. The van der Waals surface area contributed by atoms with Gasteiger partial charge in [-0.25, -0.2) is 13.2 Å². The van der Waals surface area contributed by atoms with Gasteiger partial charge in [0.25, 0.3) is 0 Å². The third-order valence-electron chi connectivity index (χ3n) is 3.40. The summed E-state index contributed by atoms with van der Waals surface area (Å²) >= 11 is 0. The number of benzene rings is 1. The molecular formula is C14H21NO5S. The van der Waals surface area contributed by atoms with Crippen LogP contribution in [0.15, 0.2) is 17.0 Å². The van der Waals surface area contributed by atoms with E-state index in [-0.39, 0.29) is 30.2 Å². The molecule has 1 aromatic carbocycles. The Morgan fingerprint density at radius 3 is 2.38 bits per heavy atom. The molecule has 21 heavy (non-hydrogen) atoms. The number of aliphatic hydroxyl groups is 1. The molecule has 2 N–H and O–H groups in total. The van der Waals surface area contributed by atoms with E-state index in [9.17, 15) is 13.2 Å². The molecule has 0 aromatic heterocycles. The van der Waals surface area contributed by atoms with Crippen LogP contribution in [0.25, 0.3) is 0 Å². The molecule has 1 aromatic rings. The molecule has 0 saturated carbocycles. The number of hydrogen-bond donors (Lipinski definition) is 2. The second kappa shape index (κ2) is 7.02. The van der Waals surface area contributed by atoms with Crippen molar-refractivity contribution in [3.63, 3.8) is 0 Å². The molecule has 6 nitrogen and oxygen atoms in total. The van der Waals surface area contributed by atoms with Crippen molar-refractivity contribution in [1.29, 1.82) is 0 Å². The van der Waals surface area contributed by atoms with Gasteiger partial charge in [-0.3, -0.25) is 0 Å². The van der Waals surface area contributed by atoms with E-state index in [1.54, 1.807) is 20.8 Å². The van der Waals surface area contributed by atoms with Crippen molar-refractivity contribution in [3.8, 4) is 0 Å². The van der Waals surface area contributed by atoms with E-state index in [0.29, 0.717) is 17.5 Å². The van der Waals surface area contributed by atoms with Crippen LogP contribution < -0.4 is 0 Å². The monoisotopic (exact) mass is 315 g/mol. The molecule has 0 aliphatic heterocycles. The Hall–Kier alpha value is -1.44. The van der Waals surface area contributed by atoms with Gasteiger partial charge in [0, 0.05) is 19.7 Å². The molecule has 0 saturated heterocycles. The average molecular weight is 315 g/mol. The second-order valence-corrected chi connectivity index (χ2v) is 6.70. The number of carbonyl (C=O) groups is 1. The quantitative estimate of drug-likeness (QED) is 0.793. The van der Waals surface area contributed by atoms with Crippen LogP contribution >= 0.6 is 0 Å². The molecular weight excluding hydrogens is 294 g/mol. The van der Waals surface area contributed by atoms with Gasteiger partial charge < -0.3 is 10.2 Å². The minimum Gasteiger partial charge on any atom is -0.478 e. The summed E-state index contributed by atoms with van der Waals surface area (Å²) in [6, 6.07) is 2.66. The number of rotatable bonds is 7. The fourth-order valence-corrected chi connectivity index (χ4v) is 3.86. The predicted molar refractivity (Wildman–Crippen MR) is 79.0 cm³/mol. The Bertz CT molecular complexity index is 624. The zero-order valence-electron chi connectivity index (χ0n) is 12.5. The zero-order valence-corrected chi connectivity index (χ0v) is 13.3. The zero-order chi connectivity index (χ0) is 16.2. The standard InChI is InChI=1S/C14H21NO5S/c1-4-15(6-5-7-16)21(19,20)13-9-12(14(17)18)8-10(2)11(13)3/h8-9,16H,4-7H2,1-3H3,(H,17,18). The number of hydrogen-bond acceptors (Lipinski definition) is 4. The van der Waals surface area contributed by atoms with E-state index in [1.165, 1.54) is 16.4 Å². The lowest BCUT2D eigenvalue weighted by Crippen LogP contribution is -2.33. The summed E-state index contributed by atoms with van der Waals surface area (Å²) < 4.78 is 26.6. The van der Waals surface area contributed by atoms with Crippen molar-refractivity contribution in [2.24, 2.45) is 0 Å². The van der Waals surface area contributed by atoms with Crippen LogP contribution in [0.2, 0.25) is 0 Å². The number of aliphatic hydroxyl groups excluding tert-OH is 1. The number of carboxylic acids is 1. The number of aryl methyl sites for hydroxylation is 1. The van der Waals surface area contributed by atoms with Crippen LogP contribution in [0, 0.1) is 13.8 Å². The molecule has 0 heterocycles. The average Bonchev–Trinajstić information content (AvgIpc) is 2.41. The maximum Gasteiger partial charge on any atom is 0.335 e. The summed E-state index contributed by atoms with van der Waals surface area (Å²) in [6.07, 6.45) is 0.337. The van der Waals surface area contributed by atoms with Gasteiger partial charge in [-0.05, 0) is 43.5 Å². The molecule has 0 aliphatic carbocycles. The lowest BCUT2D eigenvalue weighted by molar-refractivity contribution is 0.0696. The molecule has 0 fully saturated rings. The van der Waals surface area contributed by atoms with Gasteiger partial charge >= 0.3 is 5.97 Å². The Kier molecular flexibility index (Phi) is 5.88. The summed E-state index contributed by atoms with van der Waals surface area (Å²) in [5.74, 6) is -1.16. The van der Waals surface area contributed by atoms with E-state index < -0.39 is 16.0 Å². The molecule has 0 unspecified atom stereocenters. The maximum atomic E-state index is 12.7.